The van der Waals surface area contributed by atoms with Gasteiger partial charge in [0.2, 0.25) is 0 Å². The van der Waals surface area contributed by atoms with Gasteiger partial charge in [0.05, 0.1) is 22.5 Å². The summed E-state index contributed by atoms with van der Waals surface area (Å²) in [6.45, 7) is 3.44. The summed E-state index contributed by atoms with van der Waals surface area (Å²) in [6.07, 6.45) is 0. The Labute approximate surface area is 148 Å². The predicted molar refractivity (Wildman–Crippen MR) is 95.3 cm³/mol. The van der Waals surface area contributed by atoms with Crippen molar-refractivity contribution in [2.75, 3.05) is 6.61 Å². The molecule has 3 rings (SSSR count). The van der Waals surface area contributed by atoms with Gasteiger partial charge in [0.1, 0.15) is 5.82 Å². The van der Waals surface area contributed by atoms with Crippen molar-refractivity contribution in [3.05, 3.63) is 51.8 Å². The lowest BCUT2D eigenvalue weighted by molar-refractivity contribution is -0.132. The van der Waals surface area contributed by atoms with E-state index in [0.29, 0.717) is 34.6 Å². The quantitative estimate of drug-likeness (QED) is 0.569. The number of halogens is 1. The first-order chi connectivity index (χ1) is 12.0. The molecule has 0 atom stereocenters. The standard InChI is InChI=1S/C18H15ClN2O4/c1-3-24-15-9-11(8-13(19)16(15)25-10(2)22)17-20-14-7-5-4-6-12(14)18(23)21-17/h4-9H,3H2,1-2H3,(H,20,21,23). The number of nitrogens with zero attached hydrogens (tertiary/aromatic N) is 1. The van der Waals surface area contributed by atoms with Crippen LogP contribution in [0.5, 0.6) is 11.5 Å². The maximum Gasteiger partial charge on any atom is 0.308 e. The summed E-state index contributed by atoms with van der Waals surface area (Å²) in [5.74, 6) is 0.285. The zero-order valence-corrected chi connectivity index (χ0v) is 14.4. The number of fused-ring (bicyclic) bond motifs is 1. The van der Waals surface area contributed by atoms with E-state index < -0.39 is 5.97 Å². The number of esters is 1. The Kier molecular flexibility index (Phi) is 4.72. The number of nitrogens with one attached hydrogen (secondary N) is 1. The molecule has 0 aliphatic heterocycles. The highest BCUT2D eigenvalue weighted by molar-refractivity contribution is 6.32. The van der Waals surface area contributed by atoms with Crippen LogP contribution >= 0.6 is 11.6 Å². The molecule has 0 aliphatic carbocycles. The SMILES string of the molecule is CCOc1cc(-c2nc3ccccc3c(=O)[nH]2)cc(Cl)c1OC(C)=O. The van der Waals surface area contributed by atoms with Gasteiger partial charge < -0.3 is 14.5 Å². The van der Waals surface area contributed by atoms with E-state index in [1.807, 2.05) is 0 Å². The molecule has 6 nitrogen and oxygen atoms in total. The van der Waals surface area contributed by atoms with Crippen LogP contribution in [0, 0.1) is 0 Å². The summed E-state index contributed by atoms with van der Waals surface area (Å²) in [5.41, 5.74) is 0.866. The van der Waals surface area contributed by atoms with Crippen LogP contribution in [0.15, 0.2) is 41.2 Å². The third kappa shape index (κ3) is 3.49. The number of ether oxygens (including phenoxy) is 2. The van der Waals surface area contributed by atoms with Gasteiger partial charge in [-0.1, -0.05) is 23.7 Å². The van der Waals surface area contributed by atoms with E-state index in [-0.39, 0.29) is 16.3 Å². The van der Waals surface area contributed by atoms with Gasteiger partial charge in [-0.2, -0.15) is 0 Å². The number of H-pyrrole nitrogens is 1. The Hall–Kier alpha value is -2.86. The lowest BCUT2D eigenvalue weighted by atomic mass is 10.1. The van der Waals surface area contributed by atoms with Crippen molar-refractivity contribution in [2.45, 2.75) is 13.8 Å². The van der Waals surface area contributed by atoms with Crippen LogP contribution in [0.4, 0.5) is 0 Å². The van der Waals surface area contributed by atoms with Crippen molar-refractivity contribution in [3.63, 3.8) is 0 Å². The average Bonchev–Trinajstić information content (AvgIpc) is 2.57. The number of para-hydroxylation sites is 1. The summed E-state index contributed by atoms with van der Waals surface area (Å²) in [7, 11) is 0. The molecule has 0 unspecified atom stereocenters. The van der Waals surface area contributed by atoms with Crippen LogP contribution in [-0.2, 0) is 4.79 Å². The Morgan fingerprint density at radius 1 is 1.28 bits per heavy atom. The van der Waals surface area contributed by atoms with Gasteiger partial charge in [0.15, 0.2) is 11.5 Å². The van der Waals surface area contributed by atoms with Gasteiger partial charge in [0, 0.05) is 12.5 Å². The highest BCUT2D eigenvalue weighted by atomic mass is 35.5. The van der Waals surface area contributed by atoms with Crippen LogP contribution in [0.3, 0.4) is 0 Å². The Balaban J connectivity index is 2.17. The van der Waals surface area contributed by atoms with Crippen molar-refractivity contribution in [1.29, 1.82) is 0 Å². The van der Waals surface area contributed by atoms with E-state index in [9.17, 15) is 9.59 Å². The van der Waals surface area contributed by atoms with Crippen molar-refractivity contribution < 1.29 is 14.3 Å². The second kappa shape index (κ2) is 6.94. The molecule has 128 valence electrons. The maximum absolute atomic E-state index is 12.3. The van der Waals surface area contributed by atoms with Crippen LogP contribution < -0.4 is 15.0 Å². The van der Waals surface area contributed by atoms with E-state index in [2.05, 4.69) is 9.97 Å². The lowest BCUT2D eigenvalue weighted by Gasteiger charge is -2.13. The molecule has 1 aromatic heterocycles. The predicted octanol–water partition coefficient (Wildman–Crippen LogP) is 3.57. The van der Waals surface area contributed by atoms with Crippen LogP contribution in [0.2, 0.25) is 5.02 Å². The molecule has 0 amide bonds. The van der Waals surface area contributed by atoms with Gasteiger partial charge in [-0.25, -0.2) is 4.98 Å². The normalized spacial score (nSPS) is 10.7. The number of aromatic nitrogens is 2. The monoisotopic (exact) mass is 358 g/mol. The van der Waals surface area contributed by atoms with Crippen LogP contribution in [0.25, 0.3) is 22.3 Å². The number of hydrogen-bond donors (Lipinski definition) is 1. The smallest absolute Gasteiger partial charge is 0.308 e. The minimum absolute atomic E-state index is 0.142. The maximum atomic E-state index is 12.3. The molecule has 7 heteroatoms. The average molecular weight is 359 g/mol. The molecule has 0 fully saturated rings. The molecule has 25 heavy (non-hydrogen) atoms. The molecular formula is C18H15ClN2O4. The minimum atomic E-state index is -0.507. The van der Waals surface area contributed by atoms with Crippen LogP contribution in [0.1, 0.15) is 13.8 Å². The number of benzene rings is 2. The van der Waals surface area contributed by atoms with Crippen molar-refractivity contribution in [2.24, 2.45) is 0 Å². The van der Waals surface area contributed by atoms with Gasteiger partial charge in [0.25, 0.3) is 5.56 Å². The largest absolute Gasteiger partial charge is 0.490 e. The van der Waals surface area contributed by atoms with Crippen LogP contribution in [-0.4, -0.2) is 22.5 Å². The number of carbonyl (C=O) groups is 1. The first-order valence-electron chi connectivity index (χ1n) is 7.63. The molecule has 0 saturated heterocycles. The summed E-state index contributed by atoms with van der Waals surface area (Å²) < 4.78 is 10.6. The number of rotatable bonds is 4. The van der Waals surface area contributed by atoms with Crippen molar-refractivity contribution >= 4 is 28.5 Å². The Bertz CT molecular complexity index is 1010. The number of carbonyl (C=O) groups excluding carboxylic acids is 1. The van der Waals surface area contributed by atoms with Gasteiger partial charge in [-0.15, -0.1) is 0 Å². The van der Waals surface area contributed by atoms with E-state index in [1.54, 1.807) is 43.3 Å². The fourth-order valence-corrected chi connectivity index (χ4v) is 2.68. The molecule has 0 saturated carbocycles. The molecule has 1 N–H and O–H groups in total. The first kappa shape index (κ1) is 17.0. The third-order valence-corrected chi connectivity index (χ3v) is 3.72. The minimum Gasteiger partial charge on any atom is -0.490 e. The summed E-state index contributed by atoms with van der Waals surface area (Å²) >= 11 is 6.25. The number of aromatic amines is 1. The van der Waals surface area contributed by atoms with Gasteiger partial charge in [-0.05, 0) is 31.2 Å². The molecule has 0 bridgehead atoms. The summed E-state index contributed by atoms with van der Waals surface area (Å²) in [6, 6.07) is 10.2. The number of hydrogen-bond acceptors (Lipinski definition) is 5. The molecule has 3 aromatic rings. The zero-order valence-electron chi connectivity index (χ0n) is 13.6. The fraction of sp³-hybridized carbons (Fsp3) is 0.167. The molecule has 0 aliphatic rings. The third-order valence-electron chi connectivity index (χ3n) is 3.44. The second-order valence-electron chi connectivity index (χ2n) is 5.24. The summed E-state index contributed by atoms with van der Waals surface area (Å²) in [5, 5.41) is 0.686. The lowest BCUT2D eigenvalue weighted by Crippen LogP contribution is -2.10. The molecule has 0 radical (unpaired) electrons. The zero-order chi connectivity index (χ0) is 18.0. The summed E-state index contributed by atoms with van der Waals surface area (Å²) in [4.78, 5) is 30.7. The first-order valence-corrected chi connectivity index (χ1v) is 8.01. The second-order valence-corrected chi connectivity index (χ2v) is 5.65. The van der Waals surface area contributed by atoms with E-state index in [4.69, 9.17) is 21.1 Å². The van der Waals surface area contributed by atoms with E-state index in [1.165, 1.54) is 6.92 Å². The van der Waals surface area contributed by atoms with Gasteiger partial charge >= 0.3 is 5.97 Å². The Morgan fingerprint density at radius 3 is 2.76 bits per heavy atom. The molecule has 1 heterocycles. The van der Waals surface area contributed by atoms with Crippen molar-refractivity contribution in [3.8, 4) is 22.9 Å². The topological polar surface area (TPSA) is 81.3 Å². The fourth-order valence-electron chi connectivity index (χ4n) is 2.43. The highest BCUT2D eigenvalue weighted by Gasteiger charge is 2.17. The Morgan fingerprint density at radius 2 is 2.04 bits per heavy atom. The molecule has 2 aromatic carbocycles. The van der Waals surface area contributed by atoms with Crippen molar-refractivity contribution in [1.82, 2.24) is 9.97 Å². The van der Waals surface area contributed by atoms with E-state index in [0.717, 1.165) is 0 Å². The van der Waals surface area contributed by atoms with E-state index >= 15 is 0 Å². The molecule has 0 spiro atoms. The molecular weight excluding hydrogens is 344 g/mol. The van der Waals surface area contributed by atoms with Gasteiger partial charge in [-0.3, -0.25) is 9.59 Å². The highest BCUT2D eigenvalue weighted by Crippen LogP contribution is 2.39.